The Kier molecular flexibility index (Phi) is 3.13. The summed E-state index contributed by atoms with van der Waals surface area (Å²) < 4.78 is 5.26. The first-order valence-corrected chi connectivity index (χ1v) is 4.45. The third kappa shape index (κ3) is 2.33. The van der Waals surface area contributed by atoms with Gasteiger partial charge in [-0.05, 0) is 37.7 Å². The van der Waals surface area contributed by atoms with Crippen LogP contribution in [0.15, 0.2) is 11.6 Å². The molecule has 1 nitrogen and oxygen atoms in total. The van der Waals surface area contributed by atoms with Crippen molar-refractivity contribution in [3.05, 3.63) is 11.6 Å². The van der Waals surface area contributed by atoms with E-state index in [4.69, 9.17) is 4.74 Å². The van der Waals surface area contributed by atoms with Crippen LogP contribution in [-0.2, 0) is 4.74 Å². The first-order chi connectivity index (χ1) is 5.24. The summed E-state index contributed by atoms with van der Waals surface area (Å²) in [6.45, 7) is 4.44. The number of methoxy groups -OCH3 is 1. The summed E-state index contributed by atoms with van der Waals surface area (Å²) in [6.07, 6.45) is 6.49. The fourth-order valence-corrected chi connectivity index (χ4v) is 1.51. The second kappa shape index (κ2) is 3.91. The van der Waals surface area contributed by atoms with Crippen LogP contribution in [0.5, 0.6) is 0 Å². The average Bonchev–Trinajstić information content (AvgIpc) is 2.05. The second-order valence-corrected chi connectivity index (χ2v) is 3.54. The van der Waals surface area contributed by atoms with Gasteiger partial charge in [-0.1, -0.05) is 13.0 Å². The molecule has 1 heteroatoms. The van der Waals surface area contributed by atoms with Crippen LogP contribution >= 0.6 is 0 Å². The van der Waals surface area contributed by atoms with E-state index >= 15 is 0 Å². The van der Waals surface area contributed by atoms with Crippen LogP contribution in [0.3, 0.4) is 0 Å². The molecule has 0 fully saturated rings. The third-order valence-electron chi connectivity index (χ3n) is 2.58. The molecule has 0 aliphatic heterocycles. The normalized spacial score (nSPS) is 27.9. The molecule has 64 valence electrons. The quantitative estimate of drug-likeness (QED) is 0.556. The molecule has 1 unspecified atom stereocenters. The van der Waals surface area contributed by atoms with Gasteiger partial charge in [0.25, 0.3) is 0 Å². The molecule has 0 heterocycles. The van der Waals surface area contributed by atoms with Crippen LogP contribution in [-0.4, -0.2) is 13.2 Å². The zero-order valence-electron chi connectivity index (χ0n) is 7.76. The third-order valence-corrected chi connectivity index (χ3v) is 2.58. The van der Waals surface area contributed by atoms with Gasteiger partial charge in [0.15, 0.2) is 0 Å². The van der Waals surface area contributed by atoms with E-state index in [9.17, 15) is 0 Å². The van der Waals surface area contributed by atoms with Crippen molar-refractivity contribution in [2.45, 2.75) is 39.2 Å². The Hall–Kier alpha value is -0.300. The topological polar surface area (TPSA) is 9.23 Å². The summed E-state index contributed by atoms with van der Waals surface area (Å²) in [5, 5.41) is 0. The van der Waals surface area contributed by atoms with Crippen LogP contribution in [0.1, 0.15) is 33.1 Å². The molecule has 0 saturated heterocycles. The molecule has 0 radical (unpaired) electrons. The lowest BCUT2D eigenvalue weighted by Crippen LogP contribution is -2.13. The lowest BCUT2D eigenvalue weighted by atomic mass is 9.89. The molecule has 0 aromatic carbocycles. The molecule has 1 aliphatic rings. The SMILES string of the molecule is COC(C)C1=CC[C@H](C)CC1. The van der Waals surface area contributed by atoms with E-state index in [1.165, 1.54) is 24.8 Å². The van der Waals surface area contributed by atoms with E-state index < -0.39 is 0 Å². The molecule has 0 saturated carbocycles. The van der Waals surface area contributed by atoms with Gasteiger partial charge in [-0.3, -0.25) is 0 Å². The smallest absolute Gasteiger partial charge is 0.0753 e. The van der Waals surface area contributed by atoms with Gasteiger partial charge in [-0.15, -0.1) is 0 Å². The molecule has 2 atom stereocenters. The Labute approximate surface area is 69.4 Å². The molecule has 11 heavy (non-hydrogen) atoms. The minimum absolute atomic E-state index is 0.336. The highest BCUT2D eigenvalue weighted by atomic mass is 16.5. The highest BCUT2D eigenvalue weighted by Gasteiger charge is 2.13. The maximum atomic E-state index is 5.26. The van der Waals surface area contributed by atoms with Crippen molar-refractivity contribution in [2.75, 3.05) is 7.11 Å². The summed E-state index contributed by atoms with van der Waals surface area (Å²) in [7, 11) is 1.78. The summed E-state index contributed by atoms with van der Waals surface area (Å²) >= 11 is 0. The summed E-state index contributed by atoms with van der Waals surface area (Å²) in [5.41, 5.74) is 1.49. The maximum Gasteiger partial charge on any atom is 0.0753 e. The Morgan fingerprint density at radius 2 is 2.36 bits per heavy atom. The Bertz CT molecular complexity index is 149. The predicted molar refractivity (Wildman–Crippen MR) is 47.6 cm³/mol. The first kappa shape index (κ1) is 8.79. The molecular weight excluding hydrogens is 136 g/mol. The van der Waals surface area contributed by atoms with E-state index in [2.05, 4.69) is 19.9 Å². The van der Waals surface area contributed by atoms with E-state index in [0.29, 0.717) is 6.10 Å². The number of ether oxygens (including phenoxy) is 1. The number of hydrogen-bond acceptors (Lipinski definition) is 1. The largest absolute Gasteiger partial charge is 0.377 e. The first-order valence-electron chi connectivity index (χ1n) is 4.45. The van der Waals surface area contributed by atoms with Gasteiger partial charge in [0.1, 0.15) is 0 Å². The van der Waals surface area contributed by atoms with Crippen LogP contribution < -0.4 is 0 Å². The molecule has 0 amide bonds. The lowest BCUT2D eigenvalue weighted by molar-refractivity contribution is 0.141. The Morgan fingerprint density at radius 1 is 1.64 bits per heavy atom. The van der Waals surface area contributed by atoms with Crippen molar-refractivity contribution in [1.29, 1.82) is 0 Å². The van der Waals surface area contributed by atoms with E-state index in [0.717, 1.165) is 5.92 Å². The van der Waals surface area contributed by atoms with Crippen LogP contribution in [0.2, 0.25) is 0 Å². The van der Waals surface area contributed by atoms with Gasteiger partial charge >= 0.3 is 0 Å². The minimum Gasteiger partial charge on any atom is -0.377 e. The Balaban J connectivity index is 2.47. The fourth-order valence-electron chi connectivity index (χ4n) is 1.51. The van der Waals surface area contributed by atoms with Gasteiger partial charge < -0.3 is 4.74 Å². The van der Waals surface area contributed by atoms with Crippen molar-refractivity contribution < 1.29 is 4.74 Å². The van der Waals surface area contributed by atoms with Gasteiger partial charge in [0.2, 0.25) is 0 Å². The molecule has 0 spiro atoms. The monoisotopic (exact) mass is 154 g/mol. The van der Waals surface area contributed by atoms with E-state index in [-0.39, 0.29) is 0 Å². The van der Waals surface area contributed by atoms with Crippen molar-refractivity contribution in [2.24, 2.45) is 5.92 Å². The molecule has 0 aromatic rings. The van der Waals surface area contributed by atoms with Gasteiger partial charge in [-0.25, -0.2) is 0 Å². The molecule has 1 aliphatic carbocycles. The summed E-state index contributed by atoms with van der Waals surface area (Å²) in [5.74, 6) is 0.878. The minimum atomic E-state index is 0.336. The standard InChI is InChI=1S/C10H18O/c1-8-4-6-10(7-5-8)9(2)11-3/h6,8-9H,4-5,7H2,1-3H3/t8-,9?/m0/s1. The molecule has 0 N–H and O–H groups in total. The van der Waals surface area contributed by atoms with Crippen LogP contribution in [0, 0.1) is 5.92 Å². The highest BCUT2D eigenvalue weighted by Crippen LogP contribution is 2.25. The number of allylic oxidation sites excluding steroid dienone is 1. The van der Waals surface area contributed by atoms with Crippen molar-refractivity contribution in [3.63, 3.8) is 0 Å². The van der Waals surface area contributed by atoms with Crippen molar-refractivity contribution >= 4 is 0 Å². The summed E-state index contributed by atoms with van der Waals surface area (Å²) in [4.78, 5) is 0. The van der Waals surface area contributed by atoms with Crippen molar-refractivity contribution in [1.82, 2.24) is 0 Å². The number of hydrogen-bond donors (Lipinski definition) is 0. The van der Waals surface area contributed by atoms with Gasteiger partial charge in [0, 0.05) is 7.11 Å². The Morgan fingerprint density at radius 3 is 2.82 bits per heavy atom. The fraction of sp³-hybridized carbons (Fsp3) is 0.800. The lowest BCUT2D eigenvalue weighted by Gasteiger charge is -2.21. The van der Waals surface area contributed by atoms with E-state index in [1.54, 1.807) is 7.11 Å². The maximum absolute atomic E-state index is 5.26. The van der Waals surface area contributed by atoms with Crippen LogP contribution in [0.4, 0.5) is 0 Å². The van der Waals surface area contributed by atoms with Crippen molar-refractivity contribution in [3.8, 4) is 0 Å². The highest BCUT2D eigenvalue weighted by molar-refractivity contribution is 5.10. The van der Waals surface area contributed by atoms with E-state index in [1.807, 2.05) is 0 Å². The zero-order chi connectivity index (χ0) is 8.27. The molecule has 1 rings (SSSR count). The molecule has 0 aromatic heterocycles. The molecular formula is C10H18O. The summed E-state index contributed by atoms with van der Waals surface area (Å²) in [6, 6.07) is 0. The van der Waals surface area contributed by atoms with Gasteiger partial charge in [-0.2, -0.15) is 0 Å². The zero-order valence-corrected chi connectivity index (χ0v) is 7.76. The second-order valence-electron chi connectivity index (χ2n) is 3.54. The van der Waals surface area contributed by atoms with Crippen LogP contribution in [0.25, 0.3) is 0 Å². The predicted octanol–water partition coefficient (Wildman–Crippen LogP) is 2.77. The number of rotatable bonds is 2. The average molecular weight is 154 g/mol. The molecule has 0 bridgehead atoms. The van der Waals surface area contributed by atoms with Gasteiger partial charge in [0.05, 0.1) is 6.10 Å².